The SMILES string of the molecule is COC1NC(=O)/C(=C(\O)[C@@H]2C3C(C=C(C)[C@H]2C[C@H]2OC4(CC[C@H](C)[C@@H](c5cc(O)cc(O)c5)O4)[C@@H](C)C[C@@H]2C)CC[C@@H](O)[C@@H]3C)C1=O. The molecule has 10 nitrogen and oxygen atoms in total. The molecule has 0 aromatic heterocycles. The van der Waals surface area contributed by atoms with Crippen LogP contribution in [0.15, 0.2) is 41.2 Å². The first-order valence-corrected chi connectivity index (χ1v) is 17.3. The quantitative estimate of drug-likeness (QED) is 0.121. The number of aliphatic hydroxyl groups is 2. The number of aromatic hydroxyl groups is 2. The minimum atomic E-state index is -1.14. The maximum absolute atomic E-state index is 13.3. The van der Waals surface area contributed by atoms with Crippen molar-refractivity contribution >= 4 is 11.7 Å². The Balaban J connectivity index is 1.35. The van der Waals surface area contributed by atoms with E-state index in [1.165, 1.54) is 13.2 Å². The molecule has 1 aromatic carbocycles. The van der Waals surface area contributed by atoms with Crippen molar-refractivity contribution in [1.29, 1.82) is 0 Å². The van der Waals surface area contributed by atoms with Crippen molar-refractivity contribution < 1.29 is 44.2 Å². The maximum atomic E-state index is 13.3. The third-order valence-electron chi connectivity index (χ3n) is 12.2. The molecule has 4 unspecified atom stereocenters. The van der Waals surface area contributed by atoms with Crippen LogP contribution in [-0.4, -0.2) is 63.4 Å². The molecule has 3 aliphatic heterocycles. The predicted molar refractivity (Wildman–Crippen MR) is 173 cm³/mol. The van der Waals surface area contributed by atoms with Crippen LogP contribution in [0.2, 0.25) is 0 Å². The highest BCUT2D eigenvalue weighted by Crippen LogP contribution is 2.55. The number of phenolic OH excluding ortho intramolecular Hbond substituents is 2. The summed E-state index contributed by atoms with van der Waals surface area (Å²) in [5, 5.41) is 46.0. The van der Waals surface area contributed by atoms with Gasteiger partial charge in [-0.2, -0.15) is 0 Å². The summed E-state index contributed by atoms with van der Waals surface area (Å²) in [6, 6.07) is 4.57. The Labute approximate surface area is 277 Å². The number of ketones is 1. The van der Waals surface area contributed by atoms with Crippen LogP contribution in [0.3, 0.4) is 0 Å². The van der Waals surface area contributed by atoms with Gasteiger partial charge in [-0.3, -0.25) is 9.59 Å². The van der Waals surface area contributed by atoms with Crippen LogP contribution in [0.1, 0.15) is 84.8 Å². The zero-order valence-electron chi connectivity index (χ0n) is 28.3. The van der Waals surface area contributed by atoms with Crippen LogP contribution in [0.5, 0.6) is 11.5 Å². The van der Waals surface area contributed by atoms with E-state index in [1.807, 2.05) is 6.92 Å². The zero-order valence-corrected chi connectivity index (χ0v) is 28.3. The molecule has 5 aliphatic rings. The number of phenols is 2. The second-order valence-electron chi connectivity index (χ2n) is 15.2. The third kappa shape index (κ3) is 6.00. The second-order valence-corrected chi connectivity index (χ2v) is 15.2. The van der Waals surface area contributed by atoms with Gasteiger partial charge in [-0.15, -0.1) is 0 Å². The molecule has 10 heteroatoms. The minimum absolute atomic E-state index is 0.0225. The van der Waals surface area contributed by atoms with E-state index in [4.69, 9.17) is 14.2 Å². The summed E-state index contributed by atoms with van der Waals surface area (Å²) in [6.07, 6.45) is 4.26. The fourth-order valence-electron chi connectivity index (χ4n) is 9.55. The van der Waals surface area contributed by atoms with Gasteiger partial charge in [0, 0.05) is 31.4 Å². The summed E-state index contributed by atoms with van der Waals surface area (Å²) in [6.45, 7) is 10.5. The highest BCUT2D eigenvalue weighted by molar-refractivity contribution is 6.26. The number of fused-ring (bicyclic) bond motifs is 1. The lowest BCUT2D eigenvalue weighted by molar-refractivity contribution is -0.356. The highest BCUT2D eigenvalue weighted by Gasteiger charge is 2.54. The fourth-order valence-corrected chi connectivity index (χ4v) is 9.55. The molecule has 1 amide bonds. The topological polar surface area (TPSA) is 155 Å². The van der Waals surface area contributed by atoms with Crippen molar-refractivity contribution in [3.63, 3.8) is 0 Å². The van der Waals surface area contributed by atoms with E-state index in [-0.39, 0.29) is 76.5 Å². The average Bonchev–Trinajstić information content (AvgIpc) is 3.31. The van der Waals surface area contributed by atoms with Gasteiger partial charge in [0.1, 0.15) is 22.8 Å². The van der Waals surface area contributed by atoms with Crippen LogP contribution >= 0.6 is 0 Å². The molecule has 2 aliphatic carbocycles. The number of carbonyl (C=O) groups excluding carboxylic acids is 2. The number of amides is 1. The number of Topliss-reactive ketones (excluding diaryl/α,β-unsaturated/α-hetero) is 1. The number of rotatable bonds is 5. The highest BCUT2D eigenvalue weighted by atomic mass is 16.7. The number of hydrogen-bond acceptors (Lipinski definition) is 9. The van der Waals surface area contributed by atoms with Gasteiger partial charge in [-0.1, -0.05) is 39.3 Å². The number of ether oxygens (including phenoxy) is 3. The van der Waals surface area contributed by atoms with E-state index in [0.717, 1.165) is 24.8 Å². The third-order valence-corrected chi connectivity index (χ3v) is 12.2. The molecular weight excluding hydrogens is 602 g/mol. The van der Waals surface area contributed by atoms with E-state index >= 15 is 0 Å². The molecule has 3 saturated heterocycles. The lowest BCUT2D eigenvalue weighted by Crippen LogP contribution is -2.55. The Morgan fingerprint density at radius 1 is 1.02 bits per heavy atom. The number of allylic oxidation sites excluding steroid dienone is 3. The molecule has 1 saturated carbocycles. The van der Waals surface area contributed by atoms with E-state index < -0.39 is 35.7 Å². The summed E-state index contributed by atoms with van der Waals surface area (Å²) >= 11 is 0. The smallest absolute Gasteiger partial charge is 0.260 e. The summed E-state index contributed by atoms with van der Waals surface area (Å²) in [4.78, 5) is 26.3. The summed E-state index contributed by atoms with van der Waals surface area (Å²) < 4.78 is 19.2. The van der Waals surface area contributed by atoms with Crippen molar-refractivity contribution in [1.82, 2.24) is 5.32 Å². The lowest BCUT2D eigenvalue weighted by atomic mass is 9.56. The van der Waals surface area contributed by atoms with Gasteiger partial charge in [0.15, 0.2) is 12.0 Å². The zero-order chi connectivity index (χ0) is 33.9. The van der Waals surface area contributed by atoms with Crippen LogP contribution in [-0.2, 0) is 23.8 Å². The molecule has 3 heterocycles. The second kappa shape index (κ2) is 12.8. The monoisotopic (exact) mass is 653 g/mol. The van der Waals surface area contributed by atoms with E-state index in [9.17, 15) is 30.0 Å². The van der Waals surface area contributed by atoms with E-state index in [2.05, 4.69) is 39.1 Å². The minimum Gasteiger partial charge on any atom is -0.511 e. The summed E-state index contributed by atoms with van der Waals surface area (Å²) in [7, 11) is 1.34. The Morgan fingerprint density at radius 2 is 1.72 bits per heavy atom. The lowest BCUT2D eigenvalue weighted by Gasteiger charge is -2.54. The van der Waals surface area contributed by atoms with Crippen LogP contribution < -0.4 is 5.32 Å². The number of methoxy groups -OCH3 is 1. The van der Waals surface area contributed by atoms with Crippen LogP contribution in [0, 0.1) is 47.3 Å². The molecule has 1 spiro atoms. The number of aliphatic hydroxyl groups excluding tert-OH is 2. The summed E-state index contributed by atoms with van der Waals surface area (Å²) in [5.41, 5.74) is 1.53. The first-order valence-electron chi connectivity index (χ1n) is 17.3. The van der Waals surface area contributed by atoms with Gasteiger partial charge in [0.05, 0.1) is 18.3 Å². The van der Waals surface area contributed by atoms with Crippen LogP contribution in [0.25, 0.3) is 0 Å². The molecule has 1 aromatic rings. The van der Waals surface area contributed by atoms with Gasteiger partial charge in [-0.05, 0) is 92.2 Å². The fraction of sp³-hybridized carbons (Fsp3) is 0.676. The van der Waals surface area contributed by atoms with Gasteiger partial charge in [0.25, 0.3) is 5.91 Å². The van der Waals surface area contributed by atoms with Crippen LogP contribution in [0.4, 0.5) is 0 Å². The number of carbonyl (C=O) groups is 2. The molecule has 0 bridgehead atoms. The van der Waals surface area contributed by atoms with Gasteiger partial charge in [0.2, 0.25) is 5.78 Å². The number of nitrogens with one attached hydrogen (secondary N) is 1. The Hall–Kier alpha value is -2.92. The average molecular weight is 654 g/mol. The van der Waals surface area contributed by atoms with Crippen molar-refractivity contribution in [2.24, 2.45) is 47.3 Å². The maximum Gasteiger partial charge on any atom is 0.260 e. The molecule has 0 radical (unpaired) electrons. The largest absolute Gasteiger partial charge is 0.511 e. The number of benzene rings is 1. The Morgan fingerprint density at radius 3 is 2.38 bits per heavy atom. The molecule has 258 valence electrons. The van der Waals surface area contributed by atoms with Crippen molar-refractivity contribution in [3.8, 4) is 11.5 Å². The molecule has 13 atom stereocenters. The van der Waals surface area contributed by atoms with Crippen molar-refractivity contribution in [2.75, 3.05) is 7.11 Å². The predicted octanol–water partition coefficient (Wildman–Crippen LogP) is 5.43. The molecule has 4 fully saturated rings. The van der Waals surface area contributed by atoms with E-state index in [1.54, 1.807) is 12.1 Å². The van der Waals surface area contributed by atoms with Gasteiger partial charge >= 0.3 is 0 Å². The Kier molecular flexibility index (Phi) is 9.28. The Bertz CT molecular complexity index is 1430. The molecule has 6 rings (SSSR count). The van der Waals surface area contributed by atoms with Crippen molar-refractivity contribution in [2.45, 2.75) is 103 Å². The molecular formula is C37H51NO9. The van der Waals surface area contributed by atoms with Gasteiger partial charge in [-0.25, -0.2) is 0 Å². The first kappa shape index (κ1) is 34.0. The van der Waals surface area contributed by atoms with Crippen molar-refractivity contribution in [3.05, 3.63) is 46.7 Å². The molecule has 5 N–H and O–H groups in total. The van der Waals surface area contributed by atoms with E-state index in [0.29, 0.717) is 24.8 Å². The standard InChI is InChI=1S/C37H51NO9/c1-17-9-10-37(47-34(17)23-13-24(39)15-25(40)14-23)20(4)11-19(3)28(46-37)16-26-18(2)12-22-7-8-27(41)21(5)29(22)30(26)32(42)31-33(43)36(45-6)38-35(31)44/h12-15,17,19-22,26-30,34,36,39-42H,7-11,16H2,1-6H3,(H,38,44)/b32-31-/t17-,19-,20-,21-,22?,26+,27+,28+,29?,30-,34-,36?,37?/m0/s1. The molecule has 47 heavy (non-hydrogen) atoms. The summed E-state index contributed by atoms with van der Waals surface area (Å²) in [5.74, 6) is -3.08. The normalized spacial score (nSPS) is 43.3. The van der Waals surface area contributed by atoms with Gasteiger partial charge < -0.3 is 40.0 Å². The first-order chi connectivity index (χ1) is 22.2. The number of hydrogen-bond donors (Lipinski definition) is 5.